The Morgan fingerprint density at radius 3 is 2.17 bits per heavy atom. The van der Waals surface area contributed by atoms with Gasteiger partial charge in [0.15, 0.2) is 6.10 Å². The van der Waals surface area contributed by atoms with Crippen LogP contribution in [0.3, 0.4) is 0 Å². The summed E-state index contributed by atoms with van der Waals surface area (Å²) < 4.78 is 10.6. The molecule has 1 fully saturated rings. The van der Waals surface area contributed by atoms with E-state index in [1.807, 2.05) is 6.92 Å². The Kier molecular flexibility index (Phi) is 6.46. The monoisotopic (exact) mass is 410 g/mol. The van der Waals surface area contributed by atoms with E-state index in [9.17, 15) is 19.2 Å². The van der Waals surface area contributed by atoms with E-state index in [1.165, 1.54) is 31.2 Å². The molecule has 1 aliphatic heterocycles. The van der Waals surface area contributed by atoms with Gasteiger partial charge in [-0.05, 0) is 62.4 Å². The molecule has 30 heavy (non-hydrogen) atoms. The first kappa shape index (κ1) is 21.0. The van der Waals surface area contributed by atoms with Crippen LogP contribution in [-0.4, -0.2) is 36.4 Å². The maximum absolute atomic E-state index is 12.3. The van der Waals surface area contributed by atoms with Crippen LogP contribution in [0, 0.1) is 0 Å². The summed E-state index contributed by atoms with van der Waals surface area (Å²) in [4.78, 5) is 49.3. The molecule has 8 nitrogen and oxygen atoms in total. The number of rotatable bonds is 7. The number of hydrogen-bond donors (Lipinski definition) is 1. The molecule has 2 aromatic carbocycles. The van der Waals surface area contributed by atoms with Crippen molar-refractivity contribution in [2.45, 2.75) is 32.8 Å². The molecule has 8 heteroatoms. The molecule has 0 radical (unpaired) electrons. The van der Waals surface area contributed by atoms with Crippen molar-refractivity contribution >= 4 is 35.1 Å². The van der Waals surface area contributed by atoms with Gasteiger partial charge in [0.25, 0.3) is 5.91 Å². The lowest BCUT2D eigenvalue weighted by Gasteiger charge is -2.15. The van der Waals surface area contributed by atoms with E-state index in [4.69, 9.17) is 9.47 Å². The van der Waals surface area contributed by atoms with Crippen LogP contribution in [0.2, 0.25) is 0 Å². The molecule has 0 unspecified atom stereocenters. The normalized spacial score (nSPS) is 14.4. The molecule has 1 atom stereocenters. The minimum absolute atomic E-state index is 0.184. The molecule has 0 bridgehead atoms. The predicted molar refractivity (Wildman–Crippen MR) is 109 cm³/mol. The van der Waals surface area contributed by atoms with Crippen molar-refractivity contribution in [1.82, 2.24) is 0 Å². The molecule has 0 spiro atoms. The number of carbonyl (C=O) groups is 4. The molecule has 1 N–H and O–H groups in total. The molecule has 1 saturated heterocycles. The number of imide groups is 1. The second-order valence-corrected chi connectivity index (χ2v) is 6.66. The maximum atomic E-state index is 12.3. The number of ether oxygens (including phenoxy) is 2. The van der Waals surface area contributed by atoms with Crippen LogP contribution in [0.25, 0.3) is 0 Å². The zero-order valence-corrected chi connectivity index (χ0v) is 16.7. The van der Waals surface area contributed by atoms with Crippen LogP contribution in [0.1, 0.15) is 37.0 Å². The van der Waals surface area contributed by atoms with Crippen LogP contribution in [-0.2, 0) is 19.1 Å². The van der Waals surface area contributed by atoms with E-state index in [1.54, 1.807) is 24.3 Å². The molecule has 3 rings (SSSR count). The van der Waals surface area contributed by atoms with Gasteiger partial charge >= 0.3 is 5.97 Å². The second-order valence-electron chi connectivity index (χ2n) is 6.66. The number of benzene rings is 2. The van der Waals surface area contributed by atoms with E-state index in [0.717, 1.165) is 4.90 Å². The number of amides is 3. The Hall–Kier alpha value is -3.68. The largest absolute Gasteiger partial charge is 0.494 e. The highest BCUT2D eigenvalue weighted by molar-refractivity contribution is 6.19. The Morgan fingerprint density at radius 1 is 1.00 bits per heavy atom. The van der Waals surface area contributed by atoms with Crippen molar-refractivity contribution in [2.24, 2.45) is 0 Å². The third-order valence-corrected chi connectivity index (χ3v) is 4.50. The van der Waals surface area contributed by atoms with E-state index < -0.39 is 18.0 Å². The number of anilines is 2. The molecule has 0 saturated carbocycles. The van der Waals surface area contributed by atoms with E-state index >= 15 is 0 Å². The van der Waals surface area contributed by atoms with E-state index in [-0.39, 0.29) is 30.2 Å². The van der Waals surface area contributed by atoms with Crippen molar-refractivity contribution < 1.29 is 28.7 Å². The standard InChI is InChI=1S/C22H22N2O6/c1-3-29-18-10-6-16(7-11-18)23-21(27)14(2)30-22(28)15-4-8-17(9-5-15)24-19(25)12-13-20(24)26/h4-11,14H,3,12-13H2,1-2H3,(H,23,27)/t14-/m1/s1. The van der Waals surface area contributed by atoms with E-state index in [0.29, 0.717) is 23.7 Å². The van der Waals surface area contributed by atoms with Gasteiger partial charge in [-0.2, -0.15) is 0 Å². The van der Waals surface area contributed by atoms with Crippen LogP contribution in [0.4, 0.5) is 11.4 Å². The first-order chi connectivity index (χ1) is 14.4. The van der Waals surface area contributed by atoms with E-state index in [2.05, 4.69) is 5.32 Å². The average molecular weight is 410 g/mol. The summed E-state index contributed by atoms with van der Waals surface area (Å²) in [6.45, 7) is 3.90. The maximum Gasteiger partial charge on any atom is 0.338 e. The predicted octanol–water partition coefficient (Wildman–Crippen LogP) is 2.92. The van der Waals surface area contributed by atoms with Gasteiger partial charge in [0.1, 0.15) is 5.75 Å². The van der Waals surface area contributed by atoms with Gasteiger partial charge in [-0.1, -0.05) is 0 Å². The summed E-state index contributed by atoms with van der Waals surface area (Å²) in [5, 5.41) is 2.67. The number of carbonyl (C=O) groups excluding carboxylic acids is 4. The molecule has 0 aromatic heterocycles. The summed E-state index contributed by atoms with van der Waals surface area (Å²) in [6.07, 6.45) is -0.654. The zero-order chi connectivity index (χ0) is 21.7. The number of hydrogen-bond acceptors (Lipinski definition) is 6. The third-order valence-electron chi connectivity index (χ3n) is 4.50. The molecule has 0 aliphatic carbocycles. The lowest BCUT2D eigenvalue weighted by molar-refractivity contribution is -0.124. The van der Waals surface area contributed by atoms with Crippen LogP contribution < -0.4 is 15.0 Å². The number of nitrogens with zero attached hydrogens (tertiary/aromatic N) is 1. The summed E-state index contributed by atoms with van der Waals surface area (Å²) in [6, 6.07) is 12.8. The molecule has 1 aliphatic rings. The molecule has 3 amide bonds. The fourth-order valence-electron chi connectivity index (χ4n) is 2.94. The minimum Gasteiger partial charge on any atom is -0.494 e. The lowest BCUT2D eigenvalue weighted by atomic mass is 10.2. The second kappa shape index (κ2) is 9.21. The van der Waals surface area contributed by atoms with Gasteiger partial charge < -0.3 is 14.8 Å². The summed E-state index contributed by atoms with van der Waals surface area (Å²) in [5.74, 6) is -1.01. The average Bonchev–Trinajstić information content (AvgIpc) is 3.07. The minimum atomic E-state index is -1.02. The highest BCUT2D eigenvalue weighted by atomic mass is 16.5. The molecule has 1 heterocycles. The topological polar surface area (TPSA) is 102 Å². The Morgan fingerprint density at radius 2 is 1.60 bits per heavy atom. The van der Waals surface area contributed by atoms with Crippen molar-refractivity contribution in [3.63, 3.8) is 0 Å². The van der Waals surface area contributed by atoms with Gasteiger partial charge in [-0.3, -0.25) is 19.3 Å². The van der Waals surface area contributed by atoms with Gasteiger partial charge in [0.05, 0.1) is 17.9 Å². The van der Waals surface area contributed by atoms with Crippen molar-refractivity contribution in [1.29, 1.82) is 0 Å². The van der Waals surface area contributed by atoms with Gasteiger partial charge in [-0.15, -0.1) is 0 Å². The first-order valence-corrected chi connectivity index (χ1v) is 9.59. The lowest BCUT2D eigenvalue weighted by Crippen LogP contribution is -2.30. The number of esters is 1. The Balaban J connectivity index is 1.57. The molecular formula is C22H22N2O6. The van der Waals surface area contributed by atoms with Crippen molar-refractivity contribution in [3.05, 3.63) is 54.1 Å². The van der Waals surface area contributed by atoms with Crippen molar-refractivity contribution in [2.75, 3.05) is 16.8 Å². The fraction of sp³-hybridized carbons (Fsp3) is 0.273. The van der Waals surface area contributed by atoms with Crippen LogP contribution in [0.5, 0.6) is 5.75 Å². The Labute approximate surface area is 173 Å². The van der Waals surface area contributed by atoms with Crippen molar-refractivity contribution in [3.8, 4) is 5.75 Å². The quantitative estimate of drug-likeness (QED) is 0.556. The summed E-state index contributed by atoms with van der Waals surface area (Å²) in [5.41, 5.74) is 1.16. The zero-order valence-electron chi connectivity index (χ0n) is 16.7. The summed E-state index contributed by atoms with van der Waals surface area (Å²) in [7, 11) is 0. The van der Waals surface area contributed by atoms with Gasteiger partial charge in [0.2, 0.25) is 11.8 Å². The molecule has 2 aromatic rings. The van der Waals surface area contributed by atoms with Gasteiger partial charge in [-0.25, -0.2) is 4.79 Å². The van der Waals surface area contributed by atoms with Crippen LogP contribution in [0.15, 0.2) is 48.5 Å². The Bertz CT molecular complexity index is 937. The third kappa shape index (κ3) is 4.83. The molecular weight excluding hydrogens is 388 g/mol. The smallest absolute Gasteiger partial charge is 0.338 e. The van der Waals surface area contributed by atoms with Gasteiger partial charge in [0, 0.05) is 18.5 Å². The highest BCUT2D eigenvalue weighted by Gasteiger charge is 2.30. The van der Waals surface area contributed by atoms with Crippen LogP contribution >= 0.6 is 0 Å². The first-order valence-electron chi connectivity index (χ1n) is 9.59. The summed E-state index contributed by atoms with van der Waals surface area (Å²) >= 11 is 0. The SMILES string of the molecule is CCOc1ccc(NC(=O)[C@@H](C)OC(=O)c2ccc(N3C(=O)CCC3=O)cc2)cc1. The fourth-order valence-corrected chi connectivity index (χ4v) is 2.94. The molecule has 156 valence electrons. The number of nitrogens with one attached hydrogen (secondary N) is 1. The highest BCUT2D eigenvalue weighted by Crippen LogP contribution is 2.23.